The largest absolute Gasteiger partial charge is 0.497 e. The Morgan fingerprint density at radius 1 is 1.03 bits per heavy atom. The van der Waals surface area contributed by atoms with Crippen LogP contribution >= 0.6 is 11.6 Å². The first-order valence-corrected chi connectivity index (χ1v) is 12.3. The minimum atomic E-state index is -0.115. The molecular formula is C28H32ClN3O3. The van der Waals surface area contributed by atoms with E-state index < -0.39 is 0 Å². The van der Waals surface area contributed by atoms with E-state index in [2.05, 4.69) is 47.1 Å². The van der Waals surface area contributed by atoms with Crippen molar-refractivity contribution in [3.05, 3.63) is 93.8 Å². The van der Waals surface area contributed by atoms with Crippen molar-refractivity contribution in [2.45, 2.75) is 26.6 Å². The molecular weight excluding hydrogens is 462 g/mol. The lowest BCUT2D eigenvalue weighted by atomic mass is 10.1. The molecule has 7 heteroatoms. The van der Waals surface area contributed by atoms with Crippen LogP contribution in [0.2, 0.25) is 5.15 Å². The molecule has 0 saturated carbocycles. The fourth-order valence-corrected chi connectivity index (χ4v) is 4.53. The predicted molar refractivity (Wildman–Crippen MR) is 138 cm³/mol. The number of ether oxygens (including phenoxy) is 2. The third kappa shape index (κ3) is 6.82. The molecule has 1 aliphatic rings. The summed E-state index contributed by atoms with van der Waals surface area (Å²) in [5.74, 6) is 0.810. The van der Waals surface area contributed by atoms with Gasteiger partial charge in [0.15, 0.2) is 0 Å². The lowest BCUT2D eigenvalue weighted by Gasteiger charge is -2.36. The van der Waals surface area contributed by atoms with E-state index in [9.17, 15) is 4.79 Å². The number of aromatic nitrogens is 1. The quantitative estimate of drug-likeness (QED) is 0.410. The first-order chi connectivity index (χ1) is 16.9. The van der Waals surface area contributed by atoms with Crippen molar-refractivity contribution in [2.24, 2.45) is 0 Å². The Balaban J connectivity index is 1.41. The standard InChI is InChI=1S/C28H32ClN3O3/c1-20-7-9-22(10-8-20)19-35-26(23-5-4-6-25(16-23)34-3)18-31-11-13-32(14-12-31)28(33)24-15-21(2)30-27(29)17-24/h4-10,15-17,26H,11-14,18-19H2,1-3H3. The Labute approximate surface area is 212 Å². The van der Waals surface area contributed by atoms with Crippen molar-refractivity contribution in [3.63, 3.8) is 0 Å². The molecule has 0 bridgehead atoms. The highest BCUT2D eigenvalue weighted by Crippen LogP contribution is 2.25. The topological polar surface area (TPSA) is 54.9 Å². The van der Waals surface area contributed by atoms with Gasteiger partial charge in [-0.15, -0.1) is 0 Å². The number of hydrogen-bond donors (Lipinski definition) is 0. The Hall–Kier alpha value is -2.93. The van der Waals surface area contributed by atoms with Gasteiger partial charge in [0.2, 0.25) is 0 Å². The SMILES string of the molecule is COc1cccc(C(CN2CCN(C(=O)c3cc(C)nc(Cl)c3)CC2)OCc2ccc(C)cc2)c1. The maximum absolute atomic E-state index is 13.0. The summed E-state index contributed by atoms with van der Waals surface area (Å²) in [6, 6.07) is 19.9. The zero-order valence-electron chi connectivity index (χ0n) is 20.5. The summed E-state index contributed by atoms with van der Waals surface area (Å²) in [6.45, 7) is 8.05. The van der Waals surface area contributed by atoms with Crippen molar-refractivity contribution < 1.29 is 14.3 Å². The van der Waals surface area contributed by atoms with Crippen LogP contribution in [0.1, 0.15) is 38.8 Å². The number of nitrogens with zero attached hydrogens (tertiary/aromatic N) is 3. The Kier molecular flexibility index (Phi) is 8.39. The normalized spacial score (nSPS) is 15.1. The fraction of sp³-hybridized carbons (Fsp3) is 0.357. The Bertz CT molecular complexity index is 1120. The average Bonchev–Trinajstić information content (AvgIpc) is 2.87. The molecule has 3 aromatic rings. The third-order valence-corrected chi connectivity index (χ3v) is 6.48. The van der Waals surface area contributed by atoms with E-state index in [4.69, 9.17) is 21.1 Å². The first kappa shape index (κ1) is 25.2. The number of aryl methyl sites for hydroxylation is 2. The predicted octanol–water partition coefficient (Wildman–Crippen LogP) is 5.08. The molecule has 1 atom stereocenters. The maximum atomic E-state index is 13.0. The van der Waals surface area contributed by atoms with Gasteiger partial charge < -0.3 is 14.4 Å². The van der Waals surface area contributed by atoms with E-state index in [1.807, 2.05) is 30.0 Å². The summed E-state index contributed by atoms with van der Waals surface area (Å²) in [5, 5.41) is 0.346. The highest BCUT2D eigenvalue weighted by Gasteiger charge is 2.25. The lowest BCUT2D eigenvalue weighted by molar-refractivity contribution is 0.00333. The summed E-state index contributed by atoms with van der Waals surface area (Å²) >= 11 is 6.06. The second-order valence-corrected chi connectivity index (χ2v) is 9.36. The van der Waals surface area contributed by atoms with Crippen LogP contribution in [-0.4, -0.2) is 60.5 Å². The summed E-state index contributed by atoms with van der Waals surface area (Å²) < 4.78 is 11.9. The first-order valence-electron chi connectivity index (χ1n) is 11.9. The lowest BCUT2D eigenvalue weighted by Crippen LogP contribution is -2.49. The van der Waals surface area contributed by atoms with Crippen molar-refractivity contribution in [3.8, 4) is 5.75 Å². The monoisotopic (exact) mass is 493 g/mol. The number of rotatable bonds is 8. The van der Waals surface area contributed by atoms with E-state index in [1.165, 1.54) is 5.56 Å². The van der Waals surface area contributed by atoms with Gasteiger partial charge >= 0.3 is 0 Å². The molecule has 1 unspecified atom stereocenters. The molecule has 0 radical (unpaired) electrons. The van der Waals surface area contributed by atoms with E-state index in [0.717, 1.165) is 42.2 Å². The molecule has 1 aromatic heterocycles. The zero-order chi connectivity index (χ0) is 24.8. The second kappa shape index (κ2) is 11.7. The number of hydrogen-bond acceptors (Lipinski definition) is 5. The van der Waals surface area contributed by atoms with Crippen molar-refractivity contribution in [1.29, 1.82) is 0 Å². The summed E-state index contributed by atoms with van der Waals surface area (Å²) in [4.78, 5) is 21.4. The molecule has 6 nitrogen and oxygen atoms in total. The highest BCUT2D eigenvalue weighted by atomic mass is 35.5. The second-order valence-electron chi connectivity index (χ2n) is 8.97. The van der Waals surface area contributed by atoms with Crippen LogP contribution in [0.15, 0.2) is 60.7 Å². The molecule has 0 N–H and O–H groups in total. The van der Waals surface area contributed by atoms with E-state index in [-0.39, 0.29) is 12.0 Å². The molecule has 1 aliphatic heterocycles. The van der Waals surface area contributed by atoms with E-state index in [1.54, 1.807) is 19.2 Å². The Morgan fingerprint density at radius 3 is 2.46 bits per heavy atom. The number of halogens is 1. The molecule has 0 spiro atoms. The number of carbonyl (C=O) groups is 1. The summed E-state index contributed by atoms with van der Waals surface area (Å²) in [5.41, 5.74) is 4.79. The number of piperazine rings is 1. The van der Waals surface area contributed by atoms with Gasteiger partial charge in [-0.3, -0.25) is 9.69 Å². The molecule has 2 heterocycles. The van der Waals surface area contributed by atoms with Crippen LogP contribution in [-0.2, 0) is 11.3 Å². The van der Waals surface area contributed by atoms with Crippen LogP contribution in [0.4, 0.5) is 0 Å². The van der Waals surface area contributed by atoms with Crippen molar-refractivity contribution in [1.82, 2.24) is 14.8 Å². The summed E-state index contributed by atoms with van der Waals surface area (Å²) in [6.07, 6.45) is -0.115. The van der Waals surface area contributed by atoms with Gasteiger partial charge in [0.25, 0.3) is 5.91 Å². The van der Waals surface area contributed by atoms with Crippen molar-refractivity contribution in [2.75, 3.05) is 39.8 Å². The van der Waals surface area contributed by atoms with Gasteiger partial charge in [0.05, 0.1) is 19.8 Å². The number of benzene rings is 2. The molecule has 184 valence electrons. The minimum absolute atomic E-state index is 0.00276. The fourth-order valence-electron chi connectivity index (χ4n) is 4.28. The summed E-state index contributed by atoms with van der Waals surface area (Å²) in [7, 11) is 1.68. The molecule has 1 amide bonds. The number of methoxy groups -OCH3 is 1. The van der Waals surface area contributed by atoms with Gasteiger partial charge in [0.1, 0.15) is 10.9 Å². The van der Waals surface area contributed by atoms with Gasteiger partial charge in [-0.1, -0.05) is 53.6 Å². The smallest absolute Gasteiger partial charge is 0.254 e. The molecule has 1 fully saturated rings. The third-order valence-electron chi connectivity index (χ3n) is 6.29. The van der Waals surface area contributed by atoms with Gasteiger partial charge in [0, 0.05) is 44.0 Å². The molecule has 2 aromatic carbocycles. The van der Waals surface area contributed by atoms with Crippen LogP contribution < -0.4 is 4.74 Å². The van der Waals surface area contributed by atoms with Gasteiger partial charge in [-0.05, 0) is 49.2 Å². The molecule has 1 saturated heterocycles. The van der Waals surface area contributed by atoms with E-state index in [0.29, 0.717) is 30.4 Å². The van der Waals surface area contributed by atoms with Gasteiger partial charge in [-0.25, -0.2) is 4.98 Å². The number of pyridine rings is 1. The van der Waals surface area contributed by atoms with Crippen LogP contribution in [0, 0.1) is 13.8 Å². The van der Waals surface area contributed by atoms with E-state index >= 15 is 0 Å². The van der Waals surface area contributed by atoms with Gasteiger partial charge in [-0.2, -0.15) is 0 Å². The number of amides is 1. The molecule has 4 rings (SSSR count). The van der Waals surface area contributed by atoms with Crippen LogP contribution in [0.25, 0.3) is 0 Å². The molecule has 0 aliphatic carbocycles. The maximum Gasteiger partial charge on any atom is 0.254 e. The van der Waals surface area contributed by atoms with Crippen LogP contribution in [0.5, 0.6) is 5.75 Å². The average molecular weight is 494 g/mol. The van der Waals surface area contributed by atoms with Crippen molar-refractivity contribution >= 4 is 17.5 Å². The molecule has 35 heavy (non-hydrogen) atoms. The Morgan fingerprint density at radius 2 is 1.77 bits per heavy atom. The minimum Gasteiger partial charge on any atom is -0.497 e. The highest BCUT2D eigenvalue weighted by molar-refractivity contribution is 6.29. The zero-order valence-corrected chi connectivity index (χ0v) is 21.3. The number of carbonyl (C=O) groups excluding carboxylic acids is 1. The van der Waals surface area contributed by atoms with Crippen LogP contribution in [0.3, 0.4) is 0 Å².